The van der Waals surface area contributed by atoms with Gasteiger partial charge in [0, 0.05) is 19.5 Å². The minimum absolute atomic E-state index is 0.0263. The standard InChI is InChI=1S/C22H26N4O4S/c1-15-6-8-16(9-7-15)13-24-19(28)5-3-2-4-11-25-21(29)20-17(10-12-31-20)26(22(25)30)14-18(23)27/h6-10,12H,2-5,11,13-14H2,1H3,(H2,23,27)(H,24,28). The first-order chi connectivity index (χ1) is 14.9. The number of carbonyl (C=O) groups excluding carboxylic acids is 2. The Hall–Kier alpha value is -3.20. The smallest absolute Gasteiger partial charge is 0.332 e. The van der Waals surface area contributed by atoms with Gasteiger partial charge in [-0.25, -0.2) is 4.79 Å². The summed E-state index contributed by atoms with van der Waals surface area (Å²) in [5, 5.41) is 4.61. The molecule has 164 valence electrons. The highest BCUT2D eigenvalue weighted by molar-refractivity contribution is 7.17. The minimum Gasteiger partial charge on any atom is -0.368 e. The van der Waals surface area contributed by atoms with Gasteiger partial charge in [-0.1, -0.05) is 36.2 Å². The Morgan fingerprint density at radius 1 is 1.03 bits per heavy atom. The first-order valence-corrected chi connectivity index (χ1v) is 11.1. The lowest BCUT2D eigenvalue weighted by Gasteiger charge is -2.11. The van der Waals surface area contributed by atoms with Crippen LogP contribution in [0.1, 0.15) is 36.8 Å². The molecule has 0 spiro atoms. The molecule has 2 heterocycles. The molecule has 0 bridgehead atoms. The molecule has 0 aliphatic rings. The molecular weight excluding hydrogens is 416 g/mol. The molecule has 0 saturated heterocycles. The van der Waals surface area contributed by atoms with Crippen LogP contribution in [0, 0.1) is 6.92 Å². The third-order valence-corrected chi connectivity index (χ3v) is 5.94. The number of rotatable bonds is 10. The van der Waals surface area contributed by atoms with Gasteiger partial charge in [-0.05, 0) is 36.8 Å². The second-order valence-electron chi connectivity index (χ2n) is 7.50. The van der Waals surface area contributed by atoms with E-state index in [1.807, 2.05) is 31.2 Å². The van der Waals surface area contributed by atoms with E-state index in [2.05, 4.69) is 5.32 Å². The Kier molecular flexibility index (Phi) is 7.41. The van der Waals surface area contributed by atoms with Gasteiger partial charge in [0.15, 0.2) is 0 Å². The number of hydrogen-bond acceptors (Lipinski definition) is 5. The molecule has 2 amide bonds. The Morgan fingerprint density at radius 3 is 2.48 bits per heavy atom. The third kappa shape index (κ3) is 5.69. The van der Waals surface area contributed by atoms with Crippen molar-refractivity contribution in [1.82, 2.24) is 14.5 Å². The summed E-state index contributed by atoms with van der Waals surface area (Å²) in [6.07, 6.45) is 2.32. The summed E-state index contributed by atoms with van der Waals surface area (Å²) < 4.78 is 2.82. The predicted octanol–water partition coefficient (Wildman–Crippen LogP) is 1.90. The van der Waals surface area contributed by atoms with Gasteiger partial charge in [-0.3, -0.25) is 23.5 Å². The first kappa shape index (κ1) is 22.5. The van der Waals surface area contributed by atoms with Crippen molar-refractivity contribution in [3.05, 3.63) is 67.7 Å². The molecule has 1 aromatic carbocycles. The molecule has 3 aromatic rings. The molecule has 0 unspecified atom stereocenters. The number of primary amides is 1. The molecule has 2 aromatic heterocycles. The fourth-order valence-electron chi connectivity index (χ4n) is 3.37. The van der Waals surface area contributed by atoms with Crippen LogP contribution in [0.25, 0.3) is 10.2 Å². The molecule has 0 saturated carbocycles. The van der Waals surface area contributed by atoms with Crippen molar-refractivity contribution < 1.29 is 9.59 Å². The van der Waals surface area contributed by atoms with Gasteiger partial charge >= 0.3 is 5.69 Å². The highest BCUT2D eigenvalue weighted by Crippen LogP contribution is 2.15. The summed E-state index contributed by atoms with van der Waals surface area (Å²) >= 11 is 1.23. The van der Waals surface area contributed by atoms with Crippen molar-refractivity contribution >= 4 is 33.4 Å². The maximum absolute atomic E-state index is 12.7. The maximum atomic E-state index is 12.7. The maximum Gasteiger partial charge on any atom is 0.332 e. The predicted molar refractivity (Wildman–Crippen MR) is 121 cm³/mol. The topological polar surface area (TPSA) is 116 Å². The van der Waals surface area contributed by atoms with Crippen molar-refractivity contribution in [3.8, 4) is 0 Å². The van der Waals surface area contributed by atoms with Gasteiger partial charge in [-0.2, -0.15) is 0 Å². The fraction of sp³-hybridized carbons (Fsp3) is 0.364. The van der Waals surface area contributed by atoms with Gasteiger partial charge in [0.25, 0.3) is 5.56 Å². The number of thiophene rings is 1. The van der Waals surface area contributed by atoms with E-state index in [-0.39, 0.29) is 24.6 Å². The van der Waals surface area contributed by atoms with Crippen LogP contribution in [0.15, 0.2) is 45.3 Å². The van der Waals surface area contributed by atoms with Gasteiger partial charge in [-0.15, -0.1) is 11.3 Å². The lowest BCUT2D eigenvalue weighted by Crippen LogP contribution is -2.41. The molecule has 0 aliphatic carbocycles. The largest absolute Gasteiger partial charge is 0.368 e. The van der Waals surface area contributed by atoms with Gasteiger partial charge in [0.2, 0.25) is 11.8 Å². The van der Waals surface area contributed by atoms with E-state index < -0.39 is 11.6 Å². The molecule has 0 atom stereocenters. The van der Waals surface area contributed by atoms with Crippen LogP contribution in [0.3, 0.4) is 0 Å². The second kappa shape index (κ2) is 10.2. The molecule has 0 aliphatic heterocycles. The van der Waals surface area contributed by atoms with E-state index in [0.717, 1.165) is 10.1 Å². The van der Waals surface area contributed by atoms with Crippen molar-refractivity contribution in [2.45, 2.75) is 52.2 Å². The first-order valence-electron chi connectivity index (χ1n) is 10.2. The molecule has 3 N–H and O–H groups in total. The average molecular weight is 443 g/mol. The van der Waals surface area contributed by atoms with Crippen molar-refractivity contribution in [1.29, 1.82) is 0 Å². The summed E-state index contributed by atoms with van der Waals surface area (Å²) in [4.78, 5) is 48.7. The highest BCUT2D eigenvalue weighted by Gasteiger charge is 2.15. The molecule has 3 rings (SSSR count). The van der Waals surface area contributed by atoms with Crippen LogP contribution in [0.2, 0.25) is 0 Å². The van der Waals surface area contributed by atoms with E-state index in [1.165, 1.54) is 21.5 Å². The number of nitrogens with one attached hydrogen (secondary N) is 1. The summed E-state index contributed by atoms with van der Waals surface area (Å²) in [5.74, 6) is -0.669. The number of amides is 2. The quantitative estimate of drug-likeness (QED) is 0.467. The van der Waals surface area contributed by atoms with Crippen molar-refractivity contribution in [2.75, 3.05) is 0 Å². The number of aromatic nitrogens is 2. The summed E-state index contributed by atoms with van der Waals surface area (Å²) in [6.45, 7) is 2.47. The number of carbonyl (C=O) groups is 2. The van der Waals surface area contributed by atoms with Gasteiger partial charge < -0.3 is 11.1 Å². The Balaban J connectivity index is 1.52. The number of hydrogen-bond donors (Lipinski definition) is 2. The van der Waals surface area contributed by atoms with Gasteiger partial charge in [0.1, 0.15) is 11.2 Å². The summed E-state index contributed by atoms with van der Waals surface area (Å²) in [6, 6.07) is 9.64. The lowest BCUT2D eigenvalue weighted by molar-refractivity contribution is -0.121. The summed E-state index contributed by atoms with van der Waals surface area (Å²) in [7, 11) is 0. The number of unbranched alkanes of at least 4 members (excludes halogenated alkanes) is 2. The molecule has 0 fully saturated rings. The van der Waals surface area contributed by atoms with Crippen LogP contribution in [0.5, 0.6) is 0 Å². The molecule has 8 nitrogen and oxygen atoms in total. The third-order valence-electron chi connectivity index (χ3n) is 5.05. The number of nitrogens with two attached hydrogens (primary N) is 1. The van der Waals surface area contributed by atoms with Crippen LogP contribution >= 0.6 is 11.3 Å². The van der Waals surface area contributed by atoms with Crippen molar-refractivity contribution in [3.63, 3.8) is 0 Å². The molecule has 9 heteroatoms. The summed E-state index contributed by atoms with van der Waals surface area (Å²) in [5.41, 5.74) is 7.02. The number of fused-ring (bicyclic) bond motifs is 1. The van der Waals surface area contributed by atoms with Crippen LogP contribution in [-0.4, -0.2) is 20.9 Å². The zero-order valence-corrected chi connectivity index (χ0v) is 18.2. The highest BCUT2D eigenvalue weighted by atomic mass is 32.1. The van der Waals surface area contributed by atoms with Crippen LogP contribution in [0.4, 0.5) is 0 Å². The molecule has 0 radical (unpaired) electrons. The van der Waals surface area contributed by atoms with E-state index >= 15 is 0 Å². The lowest BCUT2D eigenvalue weighted by atomic mass is 10.1. The normalized spacial score (nSPS) is 11.0. The zero-order chi connectivity index (χ0) is 22.4. The second-order valence-corrected chi connectivity index (χ2v) is 8.42. The Labute approximate surface area is 183 Å². The van der Waals surface area contributed by atoms with Crippen molar-refractivity contribution in [2.24, 2.45) is 5.73 Å². The van der Waals surface area contributed by atoms with E-state index in [9.17, 15) is 19.2 Å². The van der Waals surface area contributed by atoms with Crippen LogP contribution in [-0.2, 0) is 29.2 Å². The Morgan fingerprint density at radius 2 is 1.77 bits per heavy atom. The number of benzene rings is 1. The SMILES string of the molecule is Cc1ccc(CNC(=O)CCCCCn2c(=O)c3sccc3n(CC(N)=O)c2=O)cc1. The zero-order valence-electron chi connectivity index (χ0n) is 17.4. The average Bonchev–Trinajstić information content (AvgIpc) is 3.22. The van der Waals surface area contributed by atoms with E-state index in [0.29, 0.717) is 42.4 Å². The van der Waals surface area contributed by atoms with E-state index in [1.54, 1.807) is 11.4 Å². The molecular formula is C22H26N4O4S. The van der Waals surface area contributed by atoms with E-state index in [4.69, 9.17) is 5.73 Å². The number of aryl methyl sites for hydroxylation is 1. The fourth-order valence-corrected chi connectivity index (χ4v) is 4.21. The monoisotopic (exact) mass is 442 g/mol. The number of nitrogens with zero attached hydrogens (tertiary/aromatic N) is 2. The van der Waals surface area contributed by atoms with Crippen LogP contribution < -0.4 is 22.3 Å². The minimum atomic E-state index is -0.642. The molecule has 31 heavy (non-hydrogen) atoms. The van der Waals surface area contributed by atoms with Gasteiger partial charge in [0.05, 0.1) is 5.52 Å². The Bertz CT molecular complexity index is 1190.